The van der Waals surface area contributed by atoms with Gasteiger partial charge in [0, 0.05) is 13.1 Å². The van der Waals surface area contributed by atoms with Gasteiger partial charge in [-0.2, -0.15) is 0 Å². The predicted octanol–water partition coefficient (Wildman–Crippen LogP) is 1.05. The molecule has 5 heteroatoms. The van der Waals surface area contributed by atoms with Crippen LogP contribution in [-0.4, -0.2) is 36.7 Å². The summed E-state index contributed by atoms with van der Waals surface area (Å²) in [5, 5.41) is 0. The van der Waals surface area contributed by atoms with Gasteiger partial charge >= 0.3 is 0 Å². The molecule has 0 saturated heterocycles. The molecule has 0 amide bonds. The van der Waals surface area contributed by atoms with Crippen LogP contribution in [0.2, 0.25) is 0 Å². The van der Waals surface area contributed by atoms with Crippen molar-refractivity contribution in [2.75, 3.05) is 25.6 Å². The fourth-order valence-corrected chi connectivity index (χ4v) is 2.55. The Morgan fingerprint density at radius 2 is 2.12 bits per heavy atom. The zero-order valence-electron chi connectivity index (χ0n) is 10.5. The minimum absolute atomic E-state index is 0.466. The third-order valence-electron chi connectivity index (χ3n) is 3.58. The minimum Gasteiger partial charge on any atom is -0.494 e. The molecule has 0 aliphatic heterocycles. The number of methoxy groups -OCH3 is 1. The highest BCUT2D eigenvalue weighted by molar-refractivity contribution is 5.32. The van der Waals surface area contributed by atoms with E-state index in [0.717, 1.165) is 12.5 Å². The van der Waals surface area contributed by atoms with Crippen LogP contribution in [0.25, 0.3) is 0 Å². The van der Waals surface area contributed by atoms with Gasteiger partial charge in [-0.05, 0) is 25.3 Å². The second-order valence-electron chi connectivity index (χ2n) is 4.53. The molecule has 0 radical (unpaired) electrons. The molecule has 0 spiro atoms. The fourth-order valence-electron chi connectivity index (χ4n) is 2.55. The van der Waals surface area contributed by atoms with Crippen LogP contribution in [0.15, 0.2) is 12.4 Å². The average Bonchev–Trinajstić information content (AvgIpc) is 2.86. The van der Waals surface area contributed by atoms with Crippen LogP contribution in [0.5, 0.6) is 5.75 Å². The highest BCUT2D eigenvalue weighted by Crippen LogP contribution is 2.30. The van der Waals surface area contributed by atoms with E-state index in [1.165, 1.54) is 19.3 Å². The van der Waals surface area contributed by atoms with Crippen LogP contribution < -0.4 is 15.4 Å². The summed E-state index contributed by atoms with van der Waals surface area (Å²) < 4.78 is 5.05. The van der Waals surface area contributed by atoms with Gasteiger partial charge < -0.3 is 15.4 Å². The fraction of sp³-hybridized carbons (Fsp3) is 0.667. The van der Waals surface area contributed by atoms with Crippen LogP contribution in [-0.2, 0) is 0 Å². The van der Waals surface area contributed by atoms with E-state index >= 15 is 0 Å². The van der Waals surface area contributed by atoms with Gasteiger partial charge in [0.25, 0.3) is 0 Å². The maximum Gasteiger partial charge on any atom is 0.225 e. The summed E-state index contributed by atoms with van der Waals surface area (Å²) in [4.78, 5) is 10.8. The van der Waals surface area contributed by atoms with Gasteiger partial charge in [-0.3, -0.25) is 0 Å². The number of hydrogen-bond acceptors (Lipinski definition) is 5. The molecule has 1 heterocycles. The monoisotopic (exact) mass is 236 g/mol. The summed E-state index contributed by atoms with van der Waals surface area (Å²) in [5.41, 5.74) is 5.80. The smallest absolute Gasteiger partial charge is 0.225 e. The Morgan fingerprint density at radius 3 is 2.71 bits per heavy atom. The van der Waals surface area contributed by atoms with E-state index in [1.807, 2.05) is 7.05 Å². The van der Waals surface area contributed by atoms with Crippen molar-refractivity contribution in [3.05, 3.63) is 12.4 Å². The number of nitrogens with two attached hydrogens (primary N) is 1. The second-order valence-corrected chi connectivity index (χ2v) is 4.53. The molecule has 1 saturated carbocycles. The maximum absolute atomic E-state index is 5.80. The first-order valence-corrected chi connectivity index (χ1v) is 6.05. The topological polar surface area (TPSA) is 64.3 Å². The Morgan fingerprint density at radius 1 is 1.41 bits per heavy atom. The normalized spacial score (nSPS) is 23.7. The number of hydrogen-bond donors (Lipinski definition) is 1. The Bertz CT molecular complexity index is 354. The van der Waals surface area contributed by atoms with E-state index in [-0.39, 0.29) is 0 Å². The number of anilines is 1. The standard InChI is InChI=1S/C12H20N4O/c1-16(11-5-3-4-9(11)6-13)12-14-7-10(17-2)8-15-12/h7-9,11H,3-6,13H2,1-2H3. The lowest BCUT2D eigenvalue weighted by Crippen LogP contribution is -2.38. The van der Waals surface area contributed by atoms with Crippen LogP contribution in [0.4, 0.5) is 5.95 Å². The summed E-state index contributed by atoms with van der Waals surface area (Å²) in [6, 6.07) is 0.466. The van der Waals surface area contributed by atoms with Crippen molar-refractivity contribution in [3.8, 4) is 5.75 Å². The lowest BCUT2D eigenvalue weighted by atomic mass is 10.0. The minimum atomic E-state index is 0.466. The van der Waals surface area contributed by atoms with Crippen LogP contribution in [0.3, 0.4) is 0 Å². The Labute approximate surface area is 102 Å². The van der Waals surface area contributed by atoms with Gasteiger partial charge in [0.15, 0.2) is 5.75 Å². The van der Waals surface area contributed by atoms with Gasteiger partial charge in [-0.15, -0.1) is 0 Å². The molecule has 2 rings (SSSR count). The van der Waals surface area contributed by atoms with E-state index < -0.39 is 0 Å². The summed E-state index contributed by atoms with van der Waals surface area (Å²) in [6.07, 6.45) is 7.03. The van der Waals surface area contributed by atoms with E-state index in [0.29, 0.717) is 17.7 Å². The van der Waals surface area contributed by atoms with Crippen molar-refractivity contribution in [2.24, 2.45) is 11.7 Å². The van der Waals surface area contributed by atoms with Crippen LogP contribution in [0.1, 0.15) is 19.3 Å². The molecule has 1 aromatic rings. The summed E-state index contributed by atoms with van der Waals surface area (Å²) in [7, 11) is 3.66. The molecule has 17 heavy (non-hydrogen) atoms. The van der Waals surface area contributed by atoms with Crippen molar-refractivity contribution in [1.82, 2.24) is 9.97 Å². The van der Waals surface area contributed by atoms with Crippen LogP contribution in [0, 0.1) is 5.92 Å². The summed E-state index contributed by atoms with van der Waals surface area (Å²) >= 11 is 0. The average molecular weight is 236 g/mol. The second kappa shape index (κ2) is 5.31. The summed E-state index contributed by atoms with van der Waals surface area (Å²) in [6.45, 7) is 0.741. The molecule has 0 bridgehead atoms. The molecule has 2 N–H and O–H groups in total. The quantitative estimate of drug-likeness (QED) is 0.846. The van der Waals surface area contributed by atoms with E-state index in [4.69, 9.17) is 10.5 Å². The molecule has 5 nitrogen and oxygen atoms in total. The number of rotatable bonds is 4. The Balaban J connectivity index is 2.10. The number of aromatic nitrogens is 2. The summed E-state index contributed by atoms with van der Waals surface area (Å²) in [5.74, 6) is 1.99. The van der Waals surface area contributed by atoms with Crippen molar-refractivity contribution < 1.29 is 4.74 Å². The molecule has 1 aliphatic carbocycles. The highest BCUT2D eigenvalue weighted by Gasteiger charge is 2.30. The van der Waals surface area contributed by atoms with Crippen molar-refractivity contribution in [3.63, 3.8) is 0 Å². The molecular formula is C12H20N4O. The van der Waals surface area contributed by atoms with Crippen molar-refractivity contribution in [1.29, 1.82) is 0 Å². The van der Waals surface area contributed by atoms with Gasteiger partial charge in [0.2, 0.25) is 5.95 Å². The maximum atomic E-state index is 5.80. The SMILES string of the molecule is COc1cnc(N(C)C2CCCC2CN)nc1. The lowest BCUT2D eigenvalue weighted by Gasteiger charge is -2.29. The highest BCUT2D eigenvalue weighted by atomic mass is 16.5. The molecule has 0 aromatic carbocycles. The zero-order valence-corrected chi connectivity index (χ0v) is 10.5. The van der Waals surface area contributed by atoms with Gasteiger partial charge in [-0.25, -0.2) is 9.97 Å². The first kappa shape index (κ1) is 12.1. The van der Waals surface area contributed by atoms with E-state index in [1.54, 1.807) is 19.5 Å². The van der Waals surface area contributed by atoms with Crippen molar-refractivity contribution in [2.45, 2.75) is 25.3 Å². The predicted molar refractivity (Wildman–Crippen MR) is 67.2 cm³/mol. The van der Waals surface area contributed by atoms with Gasteiger partial charge in [0.1, 0.15) is 0 Å². The molecule has 1 aliphatic rings. The molecule has 2 unspecified atom stereocenters. The molecule has 94 valence electrons. The first-order valence-electron chi connectivity index (χ1n) is 6.05. The lowest BCUT2D eigenvalue weighted by molar-refractivity contribution is 0.410. The van der Waals surface area contributed by atoms with Gasteiger partial charge in [-0.1, -0.05) is 6.42 Å². The Kier molecular flexibility index (Phi) is 3.78. The van der Waals surface area contributed by atoms with Crippen molar-refractivity contribution >= 4 is 5.95 Å². The largest absolute Gasteiger partial charge is 0.494 e. The Hall–Kier alpha value is -1.36. The molecular weight excluding hydrogens is 216 g/mol. The van der Waals surface area contributed by atoms with Gasteiger partial charge in [0.05, 0.1) is 19.5 Å². The number of ether oxygens (including phenoxy) is 1. The van der Waals surface area contributed by atoms with E-state index in [2.05, 4.69) is 14.9 Å². The molecule has 1 fully saturated rings. The molecule has 1 aromatic heterocycles. The third kappa shape index (κ3) is 2.49. The number of nitrogens with zero attached hydrogens (tertiary/aromatic N) is 3. The zero-order chi connectivity index (χ0) is 12.3. The van der Waals surface area contributed by atoms with Crippen LogP contribution >= 0.6 is 0 Å². The first-order chi connectivity index (χ1) is 8.26. The third-order valence-corrected chi connectivity index (χ3v) is 3.58. The molecule has 2 atom stereocenters. The van der Waals surface area contributed by atoms with E-state index in [9.17, 15) is 0 Å².